The number of rotatable bonds is 2. The smallest absolute Gasteiger partial charge is 0.339 e. The Morgan fingerprint density at radius 3 is 2.50 bits per heavy atom. The predicted molar refractivity (Wildman–Crippen MR) is 49.4 cm³/mol. The molecule has 1 aromatic rings. The van der Waals surface area contributed by atoms with Gasteiger partial charge in [-0.05, 0) is 18.2 Å². The van der Waals surface area contributed by atoms with Crippen LogP contribution in [0.4, 0.5) is 5.69 Å². The first kappa shape index (κ1) is 10.0. The fourth-order valence-corrected chi connectivity index (χ4v) is 0.988. The summed E-state index contributed by atoms with van der Waals surface area (Å²) in [5, 5.41) is 20.2. The monoisotopic (exact) mass is 201 g/mol. The zero-order chi connectivity index (χ0) is 10.7. The molecule has 5 nitrogen and oxygen atoms in total. The summed E-state index contributed by atoms with van der Waals surface area (Å²) in [6.45, 7) is 1.31. The molecule has 0 aliphatic heterocycles. The zero-order valence-corrected chi connectivity index (χ0v) is 7.44. The van der Waals surface area contributed by atoms with E-state index in [1.165, 1.54) is 25.1 Å². The first-order chi connectivity index (χ1) is 6.50. The van der Waals surface area contributed by atoms with E-state index in [9.17, 15) is 9.59 Å². The molecule has 0 aliphatic carbocycles. The second kappa shape index (κ2) is 3.78. The van der Waals surface area contributed by atoms with Crippen molar-refractivity contribution < 1.29 is 19.8 Å². The maximum Gasteiger partial charge on any atom is 0.339 e. The number of carboxylic acids is 1. The Bertz CT molecular complexity index is 386. The van der Waals surface area contributed by atoms with Gasteiger partial charge in [0, 0.05) is 12.6 Å². The minimum Gasteiger partial charge on any atom is -0.507 e. The maximum atomic E-state index is 10.7. The number of carbonyl (C=O) groups excluding carboxylic acids is 1. The first-order valence-electron chi connectivity index (χ1n) is 3.84. The number of benzene rings is 1. The van der Waals surface area contributed by atoms with Crippen LogP contribution in [0.3, 0.4) is 0 Å². The summed E-state index contributed by atoms with van der Waals surface area (Å²) in [7, 11) is 0. The Labute approximate surface area is 80.0 Å². The lowest BCUT2D eigenvalue weighted by Gasteiger charge is -2.04. The summed E-state index contributed by atoms with van der Waals surface area (Å²) in [6, 6.07) is 3.83. The molecule has 0 bridgehead atoms. The van der Waals surface area contributed by atoms with Gasteiger partial charge in [-0.15, -0.1) is 0 Å². The van der Waals surface area contributed by atoms with E-state index in [0.29, 0.717) is 5.69 Å². The van der Waals surface area contributed by atoms with Crippen molar-refractivity contribution in [1.82, 2.24) is 0 Å². The van der Waals surface area contributed by atoms with Crippen molar-refractivity contribution in [3.05, 3.63) is 23.8 Å². The number of nitrogens with one attached hydrogen (secondary N) is 1. The number of amides is 1. The molecule has 0 radical (unpaired) electrons. The average Bonchev–Trinajstić information content (AvgIpc) is 2.07. The lowest BCUT2D eigenvalue weighted by molar-refractivity contribution is -0.114. The van der Waals surface area contributed by atoms with E-state index in [4.69, 9.17) is 10.2 Å². The zero-order valence-electron chi connectivity index (χ0n) is 7.44. The second-order valence-electron chi connectivity index (χ2n) is 2.72. The van der Waals surface area contributed by atoms with Crippen molar-refractivity contribution in [3.8, 4) is 5.75 Å². The van der Waals surface area contributed by atoms with E-state index < -0.39 is 5.97 Å². The number of phenols is 1. The molecule has 0 spiro atoms. The van der Waals surface area contributed by atoms with E-state index in [1.54, 1.807) is 0 Å². The second-order valence-corrected chi connectivity index (χ2v) is 2.72. The number of hydrogen-bond donors (Lipinski definition) is 3. The van der Waals surface area contributed by atoms with Crippen molar-refractivity contribution in [1.29, 1.82) is 0 Å². The summed E-state index contributed by atoms with van der Waals surface area (Å²) in [5.41, 5.74) is 0.101. The van der Waals surface area contributed by atoms with Crippen LogP contribution < -0.4 is 5.32 Å². The molecule has 0 saturated heterocycles. The molecule has 0 unspecified atom stereocenters. The number of carbonyl (C=O) groups is 2. The topological polar surface area (TPSA) is 86.6 Å². The highest BCUT2D eigenvalue weighted by Crippen LogP contribution is 2.21. The van der Waals surface area contributed by atoms with E-state index >= 15 is 0 Å². The highest BCUT2D eigenvalue weighted by Gasteiger charge is 2.10. The van der Waals surface area contributed by atoms with Gasteiger partial charge in [0.2, 0.25) is 5.91 Å². The number of aromatic hydroxyl groups is 1. The molecule has 0 fully saturated rings. The Kier molecular flexibility index (Phi) is 2.71. The highest BCUT2D eigenvalue weighted by molar-refractivity contribution is 5.94. The number of carboxylic acid groups (broad SMARTS) is 1. The standard InChI is InChI=1S/C9H9NO4/c1-5(11)10-6-2-3-8(12)7(4-6)9(13)14/h2-4,12H,1H3,(H,10,11)(H,13,14)/i2+1,3+1,4+1,6+1,7+1,8+1. The largest absolute Gasteiger partial charge is 0.507 e. The predicted octanol–water partition coefficient (Wildman–Crippen LogP) is 1.05. The minimum atomic E-state index is -1.24. The Morgan fingerprint density at radius 2 is 2.00 bits per heavy atom. The van der Waals surface area contributed by atoms with Gasteiger partial charge >= 0.3 is 5.97 Å². The van der Waals surface area contributed by atoms with Crippen LogP contribution in [-0.4, -0.2) is 22.1 Å². The molecule has 1 rings (SSSR count). The minimum absolute atomic E-state index is 0.240. The van der Waals surface area contributed by atoms with Gasteiger partial charge in [-0.3, -0.25) is 4.79 Å². The molecule has 3 N–H and O–H groups in total. The summed E-state index contributed by atoms with van der Waals surface area (Å²) < 4.78 is 0. The third-order valence-corrected chi connectivity index (χ3v) is 1.55. The third-order valence-electron chi connectivity index (χ3n) is 1.55. The van der Waals surface area contributed by atoms with Gasteiger partial charge in [0.15, 0.2) is 0 Å². The van der Waals surface area contributed by atoms with E-state index in [2.05, 4.69) is 5.32 Å². The van der Waals surface area contributed by atoms with Gasteiger partial charge in [-0.2, -0.15) is 0 Å². The van der Waals surface area contributed by atoms with Crippen LogP contribution in [0, 0.1) is 0 Å². The molecule has 1 aromatic carbocycles. The Balaban J connectivity index is 3.06. The van der Waals surface area contributed by atoms with Crippen LogP contribution in [0.15, 0.2) is 18.2 Å². The normalized spacial score (nSPS) is 9.50. The fraction of sp³-hybridized carbons (Fsp3) is 0.111. The van der Waals surface area contributed by atoms with Crippen molar-refractivity contribution in [2.45, 2.75) is 6.92 Å². The van der Waals surface area contributed by atoms with Crippen LogP contribution in [0.5, 0.6) is 5.75 Å². The molecule has 0 heterocycles. The summed E-state index contributed by atoms with van der Waals surface area (Å²) in [5.74, 6) is -1.87. The summed E-state index contributed by atoms with van der Waals surface area (Å²) in [6.07, 6.45) is 0. The van der Waals surface area contributed by atoms with Gasteiger partial charge < -0.3 is 15.5 Å². The maximum absolute atomic E-state index is 10.7. The van der Waals surface area contributed by atoms with E-state index in [-0.39, 0.29) is 17.2 Å². The van der Waals surface area contributed by atoms with Crippen molar-refractivity contribution in [2.75, 3.05) is 5.32 Å². The molecule has 5 heteroatoms. The van der Waals surface area contributed by atoms with Crippen LogP contribution in [-0.2, 0) is 4.79 Å². The average molecular weight is 201 g/mol. The lowest BCUT2D eigenvalue weighted by atomic mass is 10.7. The van der Waals surface area contributed by atoms with Crippen LogP contribution in [0.25, 0.3) is 0 Å². The fourth-order valence-electron chi connectivity index (χ4n) is 0.988. The van der Waals surface area contributed by atoms with Gasteiger partial charge in [0.1, 0.15) is 11.3 Å². The Hall–Kier alpha value is -2.04. The molecular weight excluding hydrogens is 192 g/mol. The summed E-state index contributed by atoms with van der Waals surface area (Å²) in [4.78, 5) is 21.2. The van der Waals surface area contributed by atoms with Crippen molar-refractivity contribution in [3.63, 3.8) is 0 Å². The Morgan fingerprint density at radius 1 is 1.36 bits per heavy atom. The van der Waals surface area contributed by atoms with E-state index in [1.807, 2.05) is 0 Å². The third kappa shape index (κ3) is 2.22. The number of anilines is 1. The molecular formula is C9H9NO4. The van der Waals surface area contributed by atoms with Crippen LogP contribution in [0.2, 0.25) is 0 Å². The van der Waals surface area contributed by atoms with Crippen LogP contribution in [0.1, 0.15) is 17.3 Å². The van der Waals surface area contributed by atoms with Crippen molar-refractivity contribution >= 4 is 17.6 Å². The molecule has 1 amide bonds. The SMILES string of the molecule is CC(=O)N[13c]1[13cH][13cH][13c](O)[13c](C(=O)O)[13cH]1. The van der Waals surface area contributed by atoms with Gasteiger partial charge in [0.25, 0.3) is 0 Å². The molecule has 14 heavy (non-hydrogen) atoms. The molecule has 0 saturated carbocycles. The summed E-state index contributed by atoms with van der Waals surface area (Å²) >= 11 is 0. The molecule has 74 valence electrons. The van der Waals surface area contributed by atoms with Crippen LogP contribution >= 0.6 is 0 Å². The number of aromatic carboxylic acids is 1. The number of hydrogen-bond acceptors (Lipinski definition) is 3. The van der Waals surface area contributed by atoms with Crippen molar-refractivity contribution in [2.24, 2.45) is 0 Å². The van der Waals surface area contributed by atoms with Gasteiger partial charge in [0.05, 0.1) is 0 Å². The molecule has 0 aliphatic rings. The quantitative estimate of drug-likeness (QED) is 0.624. The van der Waals surface area contributed by atoms with E-state index in [0.717, 1.165) is 0 Å². The van der Waals surface area contributed by atoms with Gasteiger partial charge in [-0.25, -0.2) is 4.79 Å². The van der Waals surface area contributed by atoms with Gasteiger partial charge in [-0.1, -0.05) is 0 Å². The molecule has 0 aromatic heterocycles. The highest BCUT2D eigenvalue weighted by atomic mass is 16.4. The first-order valence-corrected chi connectivity index (χ1v) is 3.84. The molecule has 0 atom stereocenters. The lowest BCUT2D eigenvalue weighted by Crippen LogP contribution is -2.07.